The van der Waals surface area contributed by atoms with E-state index in [1.807, 2.05) is 20.2 Å². The Morgan fingerprint density at radius 1 is 1.24 bits per heavy atom. The first-order chi connectivity index (χ1) is 10.1. The van der Waals surface area contributed by atoms with Gasteiger partial charge in [-0.1, -0.05) is 44.2 Å². The van der Waals surface area contributed by atoms with Gasteiger partial charge in [-0.05, 0) is 17.9 Å². The van der Waals surface area contributed by atoms with Gasteiger partial charge in [-0.25, -0.2) is 0 Å². The smallest absolute Gasteiger partial charge is 0.193 e. The summed E-state index contributed by atoms with van der Waals surface area (Å²) in [5.74, 6) is 1.59. The number of nitrogens with one attached hydrogen (secondary N) is 1. The Morgan fingerprint density at radius 3 is 2.57 bits per heavy atom. The minimum atomic E-state index is 0.697. The molecule has 0 atom stereocenters. The van der Waals surface area contributed by atoms with E-state index in [9.17, 15) is 0 Å². The van der Waals surface area contributed by atoms with Crippen LogP contribution in [0.15, 0.2) is 35.3 Å². The number of guanidine groups is 1. The highest BCUT2D eigenvalue weighted by molar-refractivity contribution is 5.79. The first-order valence-electron chi connectivity index (χ1n) is 7.67. The van der Waals surface area contributed by atoms with Gasteiger partial charge in [0, 0.05) is 33.8 Å². The molecule has 0 aliphatic carbocycles. The van der Waals surface area contributed by atoms with Crippen LogP contribution in [0.5, 0.6) is 0 Å². The average molecular weight is 291 g/mol. The molecule has 21 heavy (non-hydrogen) atoms. The summed E-state index contributed by atoms with van der Waals surface area (Å²) >= 11 is 0. The predicted molar refractivity (Wildman–Crippen MR) is 89.5 cm³/mol. The highest BCUT2D eigenvalue weighted by Crippen LogP contribution is 2.02. The summed E-state index contributed by atoms with van der Waals surface area (Å²) in [7, 11) is 3.85. The van der Waals surface area contributed by atoms with E-state index in [0.717, 1.165) is 32.1 Å². The SMILES string of the molecule is CN=C(NCCOCCC(C)C)N(C)Cc1ccccc1. The molecular weight excluding hydrogens is 262 g/mol. The van der Waals surface area contributed by atoms with Crippen molar-refractivity contribution in [2.45, 2.75) is 26.8 Å². The van der Waals surface area contributed by atoms with E-state index < -0.39 is 0 Å². The summed E-state index contributed by atoms with van der Waals surface area (Å²) in [4.78, 5) is 6.42. The zero-order chi connectivity index (χ0) is 15.5. The molecule has 1 aromatic carbocycles. The molecule has 4 heteroatoms. The minimum absolute atomic E-state index is 0.697. The van der Waals surface area contributed by atoms with Gasteiger partial charge < -0.3 is 15.0 Å². The van der Waals surface area contributed by atoms with Gasteiger partial charge in [-0.2, -0.15) is 0 Å². The standard InChI is InChI=1S/C17H29N3O/c1-15(2)10-12-21-13-11-19-17(18-3)20(4)14-16-8-6-5-7-9-16/h5-9,15H,10-14H2,1-4H3,(H,18,19). The van der Waals surface area contributed by atoms with E-state index in [1.54, 1.807) is 0 Å². The summed E-state index contributed by atoms with van der Waals surface area (Å²) in [6.45, 7) is 7.59. The second kappa shape index (κ2) is 10.2. The molecule has 4 nitrogen and oxygen atoms in total. The normalized spacial score (nSPS) is 11.8. The van der Waals surface area contributed by atoms with E-state index in [1.165, 1.54) is 5.56 Å². The quantitative estimate of drug-likeness (QED) is 0.454. The molecule has 0 radical (unpaired) electrons. The van der Waals surface area contributed by atoms with Gasteiger partial charge in [-0.15, -0.1) is 0 Å². The van der Waals surface area contributed by atoms with Crippen molar-refractivity contribution in [1.82, 2.24) is 10.2 Å². The Hall–Kier alpha value is -1.55. The number of nitrogens with zero attached hydrogens (tertiary/aromatic N) is 2. The van der Waals surface area contributed by atoms with Gasteiger partial charge in [0.1, 0.15) is 0 Å². The lowest BCUT2D eigenvalue weighted by Crippen LogP contribution is -2.40. The van der Waals surface area contributed by atoms with Crippen LogP contribution in [0.2, 0.25) is 0 Å². The Bertz CT molecular complexity index is 404. The molecule has 0 saturated heterocycles. The molecule has 0 heterocycles. The highest BCUT2D eigenvalue weighted by Gasteiger charge is 2.05. The van der Waals surface area contributed by atoms with Gasteiger partial charge in [0.2, 0.25) is 0 Å². The Labute approximate surface area is 129 Å². The summed E-state index contributed by atoms with van der Waals surface area (Å²) in [6.07, 6.45) is 1.11. The fourth-order valence-electron chi connectivity index (χ4n) is 1.97. The first kappa shape index (κ1) is 17.5. The largest absolute Gasteiger partial charge is 0.380 e. The van der Waals surface area contributed by atoms with Crippen LogP contribution in [0.25, 0.3) is 0 Å². The molecule has 0 aliphatic rings. The van der Waals surface area contributed by atoms with Crippen molar-refractivity contribution in [3.8, 4) is 0 Å². The lowest BCUT2D eigenvalue weighted by molar-refractivity contribution is 0.127. The van der Waals surface area contributed by atoms with Crippen molar-refractivity contribution in [2.75, 3.05) is 33.9 Å². The molecule has 1 rings (SSSR count). The van der Waals surface area contributed by atoms with Gasteiger partial charge in [-0.3, -0.25) is 4.99 Å². The molecule has 0 fully saturated rings. The number of ether oxygens (including phenoxy) is 1. The predicted octanol–water partition coefficient (Wildman–Crippen LogP) is 2.76. The Kier molecular flexibility index (Phi) is 8.51. The van der Waals surface area contributed by atoms with Crippen LogP contribution in [0.3, 0.4) is 0 Å². The number of hydrogen-bond donors (Lipinski definition) is 1. The maximum atomic E-state index is 5.60. The molecule has 0 aliphatic heterocycles. The third-order valence-corrected chi connectivity index (χ3v) is 3.20. The molecule has 0 spiro atoms. The van der Waals surface area contributed by atoms with Crippen LogP contribution in [-0.2, 0) is 11.3 Å². The molecule has 0 amide bonds. The minimum Gasteiger partial charge on any atom is -0.380 e. The molecule has 118 valence electrons. The molecular formula is C17H29N3O. The second-order valence-corrected chi connectivity index (χ2v) is 5.61. The third-order valence-electron chi connectivity index (χ3n) is 3.20. The first-order valence-corrected chi connectivity index (χ1v) is 7.67. The van der Waals surface area contributed by atoms with Crippen molar-refractivity contribution in [3.63, 3.8) is 0 Å². The summed E-state index contributed by atoms with van der Waals surface area (Å²) in [5.41, 5.74) is 1.27. The lowest BCUT2D eigenvalue weighted by Gasteiger charge is -2.22. The maximum Gasteiger partial charge on any atom is 0.193 e. The molecule has 0 aromatic heterocycles. The van der Waals surface area contributed by atoms with Crippen LogP contribution >= 0.6 is 0 Å². The van der Waals surface area contributed by atoms with Crippen LogP contribution in [-0.4, -0.2) is 44.7 Å². The fourth-order valence-corrected chi connectivity index (χ4v) is 1.97. The molecule has 0 bridgehead atoms. The maximum absolute atomic E-state index is 5.60. The number of hydrogen-bond acceptors (Lipinski definition) is 2. The monoisotopic (exact) mass is 291 g/mol. The topological polar surface area (TPSA) is 36.9 Å². The van der Waals surface area contributed by atoms with Crippen LogP contribution in [0, 0.1) is 5.92 Å². The second-order valence-electron chi connectivity index (χ2n) is 5.61. The van der Waals surface area contributed by atoms with Crippen LogP contribution in [0.1, 0.15) is 25.8 Å². The zero-order valence-corrected chi connectivity index (χ0v) is 13.8. The van der Waals surface area contributed by atoms with Crippen molar-refractivity contribution in [2.24, 2.45) is 10.9 Å². The summed E-state index contributed by atoms with van der Waals surface area (Å²) in [6, 6.07) is 10.4. The highest BCUT2D eigenvalue weighted by atomic mass is 16.5. The Morgan fingerprint density at radius 2 is 1.95 bits per heavy atom. The average Bonchev–Trinajstić information content (AvgIpc) is 2.47. The van der Waals surface area contributed by atoms with E-state index in [0.29, 0.717) is 12.5 Å². The molecule has 1 aromatic rings. The fraction of sp³-hybridized carbons (Fsp3) is 0.588. The van der Waals surface area contributed by atoms with Gasteiger partial charge in [0.25, 0.3) is 0 Å². The van der Waals surface area contributed by atoms with Crippen molar-refractivity contribution >= 4 is 5.96 Å². The zero-order valence-electron chi connectivity index (χ0n) is 13.8. The van der Waals surface area contributed by atoms with Crippen LogP contribution < -0.4 is 5.32 Å². The van der Waals surface area contributed by atoms with Crippen LogP contribution in [0.4, 0.5) is 0 Å². The molecule has 1 N–H and O–H groups in total. The molecule has 0 saturated carbocycles. The van der Waals surface area contributed by atoms with Gasteiger partial charge >= 0.3 is 0 Å². The number of rotatable bonds is 8. The van der Waals surface area contributed by atoms with E-state index >= 15 is 0 Å². The van der Waals surface area contributed by atoms with Crippen molar-refractivity contribution < 1.29 is 4.74 Å². The van der Waals surface area contributed by atoms with Crippen molar-refractivity contribution in [1.29, 1.82) is 0 Å². The van der Waals surface area contributed by atoms with Gasteiger partial charge in [0.05, 0.1) is 6.61 Å². The summed E-state index contributed by atoms with van der Waals surface area (Å²) < 4.78 is 5.60. The summed E-state index contributed by atoms with van der Waals surface area (Å²) in [5, 5.41) is 3.33. The third kappa shape index (κ3) is 7.71. The van der Waals surface area contributed by atoms with E-state index in [2.05, 4.69) is 53.3 Å². The number of benzene rings is 1. The van der Waals surface area contributed by atoms with E-state index in [4.69, 9.17) is 4.74 Å². The lowest BCUT2D eigenvalue weighted by atomic mass is 10.1. The van der Waals surface area contributed by atoms with E-state index in [-0.39, 0.29) is 0 Å². The Balaban J connectivity index is 2.25. The van der Waals surface area contributed by atoms with Gasteiger partial charge in [0.15, 0.2) is 5.96 Å². The number of aliphatic imine (C=N–C) groups is 1. The van der Waals surface area contributed by atoms with Crippen molar-refractivity contribution in [3.05, 3.63) is 35.9 Å². The molecule has 0 unspecified atom stereocenters.